The van der Waals surface area contributed by atoms with E-state index in [2.05, 4.69) is 5.32 Å². The van der Waals surface area contributed by atoms with Crippen LogP contribution in [0.3, 0.4) is 0 Å². The lowest BCUT2D eigenvalue weighted by Gasteiger charge is -2.42. The molecule has 2 amide bonds. The first-order valence-corrected chi connectivity index (χ1v) is 11.9. The Bertz CT molecular complexity index is 900. The van der Waals surface area contributed by atoms with Crippen LogP contribution in [0.5, 0.6) is 5.75 Å². The molecule has 0 atom stereocenters. The number of rotatable bonds is 2. The van der Waals surface area contributed by atoms with Crippen molar-refractivity contribution in [3.05, 3.63) is 29.8 Å². The molecule has 1 aromatic carbocycles. The van der Waals surface area contributed by atoms with Gasteiger partial charge in [0.05, 0.1) is 18.4 Å². The third kappa shape index (κ3) is 4.11. The predicted molar refractivity (Wildman–Crippen MR) is 107 cm³/mol. The van der Waals surface area contributed by atoms with E-state index in [9.17, 15) is 18.0 Å². The molecule has 0 radical (unpaired) electrons. The minimum atomic E-state index is -3.19. The summed E-state index contributed by atoms with van der Waals surface area (Å²) in [6.45, 7) is 2.37. The number of piperidine rings is 2. The standard InChI is InChI=1S/C20H27N3O5S/c1-29(26,27)23-10-6-15(7-11-23)19(25)22-12-8-20(9-13-22)14-21-18(24)16-4-2-3-5-17(16)28-20/h2-5,15H,6-14H2,1H3,(H,21,24). The number of ether oxygens (including phenoxy) is 1. The fourth-order valence-electron chi connectivity index (χ4n) is 4.46. The Morgan fingerprint density at radius 2 is 1.79 bits per heavy atom. The summed E-state index contributed by atoms with van der Waals surface area (Å²) in [5.41, 5.74) is 0.0409. The van der Waals surface area contributed by atoms with Gasteiger partial charge in [-0.2, -0.15) is 0 Å². The average Bonchev–Trinajstić information content (AvgIpc) is 2.85. The Balaban J connectivity index is 1.37. The zero-order chi connectivity index (χ0) is 20.6. The first-order chi connectivity index (χ1) is 13.8. The second-order valence-corrected chi connectivity index (χ2v) is 10.2. The molecule has 0 aromatic heterocycles. The molecule has 2 saturated heterocycles. The van der Waals surface area contributed by atoms with E-state index in [1.165, 1.54) is 10.6 Å². The fraction of sp³-hybridized carbons (Fsp3) is 0.600. The highest BCUT2D eigenvalue weighted by molar-refractivity contribution is 7.88. The summed E-state index contributed by atoms with van der Waals surface area (Å²) in [7, 11) is -3.19. The topological polar surface area (TPSA) is 96.0 Å². The van der Waals surface area contributed by atoms with Crippen LogP contribution in [0.2, 0.25) is 0 Å². The number of likely N-dealkylation sites (tertiary alicyclic amines) is 1. The lowest BCUT2D eigenvalue weighted by Crippen LogP contribution is -2.55. The number of nitrogens with zero attached hydrogens (tertiary/aromatic N) is 2. The van der Waals surface area contributed by atoms with Crippen molar-refractivity contribution in [2.45, 2.75) is 31.3 Å². The van der Waals surface area contributed by atoms with E-state index >= 15 is 0 Å². The van der Waals surface area contributed by atoms with E-state index in [-0.39, 0.29) is 17.7 Å². The second-order valence-electron chi connectivity index (χ2n) is 8.23. The van der Waals surface area contributed by atoms with Crippen LogP contribution in [0.4, 0.5) is 0 Å². The molecule has 9 heteroatoms. The molecule has 3 aliphatic rings. The van der Waals surface area contributed by atoms with Crippen molar-refractivity contribution in [2.24, 2.45) is 5.92 Å². The van der Waals surface area contributed by atoms with Gasteiger partial charge in [0, 0.05) is 44.9 Å². The molecule has 0 bridgehead atoms. The van der Waals surface area contributed by atoms with Gasteiger partial charge in [-0.25, -0.2) is 12.7 Å². The fourth-order valence-corrected chi connectivity index (χ4v) is 5.33. The smallest absolute Gasteiger partial charge is 0.255 e. The van der Waals surface area contributed by atoms with Gasteiger partial charge in [-0.3, -0.25) is 9.59 Å². The van der Waals surface area contributed by atoms with Crippen LogP contribution in [0.1, 0.15) is 36.0 Å². The second kappa shape index (κ2) is 7.60. The van der Waals surface area contributed by atoms with Gasteiger partial charge in [0.15, 0.2) is 0 Å². The van der Waals surface area contributed by atoms with Crippen LogP contribution in [-0.4, -0.2) is 74.0 Å². The van der Waals surface area contributed by atoms with Gasteiger partial charge in [0.1, 0.15) is 11.4 Å². The zero-order valence-electron chi connectivity index (χ0n) is 16.6. The van der Waals surface area contributed by atoms with Crippen LogP contribution >= 0.6 is 0 Å². The summed E-state index contributed by atoms with van der Waals surface area (Å²) in [5, 5.41) is 2.96. The van der Waals surface area contributed by atoms with E-state index in [1.54, 1.807) is 6.07 Å². The number of benzene rings is 1. The first-order valence-electron chi connectivity index (χ1n) is 10.1. The van der Waals surface area contributed by atoms with Crippen molar-refractivity contribution >= 4 is 21.8 Å². The van der Waals surface area contributed by atoms with E-state index < -0.39 is 15.6 Å². The molecule has 158 valence electrons. The van der Waals surface area contributed by atoms with Crippen LogP contribution in [0.15, 0.2) is 24.3 Å². The van der Waals surface area contributed by atoms with Crippen LogP contribution in [0.25, 0.3) is 0 Å². The van der Waals surface area contributed by atoms with Gasteiger partial charge < -0.3 is 15.0 Å². The Morgan fingerprint density at radius 1 is 1.14 bits per heavy atom. The maximum absolute atomic E-state index is 12.9. The van der Waals surface area contributed by atoms with Gasteiger partial charge in [-0.15, -0.1) is 0 Å². The minimum Gasteiger partial charge on any atom is -0.484 e. The molecule has 0 saturated carbocycles. The maximum Gasteiger partial charge on any atom is 0.255 e. The molecule has 3 aliphatic heterocycles. The van der Waals surface area contributed by atoms with Crippen molar-refractivity contribution in [3.63, 3.8) is 0 Å². The molecular weight excluding hydrogens is 394 g/mol. The van der Waals surface area contributed by atoms with Crippen molar-refractivity contribution in [3.8, 4) is 5.75 Å². The van der Waals surface area contributed by atoms with E-state index in [4.69, 9.17) is 4.74 Å². The third-order valence-electron chi connectivity index (χ3n) is 6.29. The van der Waals surface area contributed by atoms with E-state index in [1.807, 2.05) is 23.1 Å². The monoisotopic (exact) mass is 421 g/mol. The Morgan fingerprint density at radius 3 is 2.45 bits per heavy atom. The molecule has 1 aromatic rings. The highest BCUT2D eigenvalue weighted by Gasteiger charge is 2.42. The number of carbonyl (C=O) groups excluding carboxylic acids is 2. The molecule has 3 heterocycles. The molecule has 0 unspecified atom stereocenters. The highest BCUT2D eigenvalue weighted by Crippen LogP contribution is 2.33. The van der Waals surface area contributed by atoms with Crippen LogP contribution in [-0.2, 0) is 14.8 Å². The Hall–Kier alpha value is -2.13. The number of sulfonamides is 1. The maximum atomic E-state index is 12.9. The van der Waals surface area contributed by atoms with Crippen molar-refractivity contribution in [1.82, 2.24) is 14.5 Å². The summed E-state index contributed by atoms with van der Waals surface area (Å²) in [5.74, 6) is 0.438. The van der Waals surface area contributed by atoms with Gasteiger partial charge >= 0.3 is 0 Å². The summed E-state index contributed by atoms with van der Waals surface area (Å²) >= 11 is 0. The Labute approximate surface area is 171 Å². The number of fused-ring (bicyclic) bond motifs is 1. The van der Waals surface area contributed by atoms with Crippen LogP contribution in [0, 0.1) is 5.92 Å². The molecule has 1 spiro atoms. The summed E-state index contributed by atoms with van der Waals surface area (Å²) in [6, 6.07) is 7.24. The predicted octanol–water partition coefficient (Wildman–Crippen LogP) is 0.842. The number of nitrogens with one attached hydrogen (secondary N) is 1. The summed E-state index contributed by atoms with van der Waals surface area (Å²) in [6.07, 6.45) is 3.63. The molecular formula is C20H27N3O5S. The number of para-hydroxylation sites is 1. The summed E-state index contributed by atoms with van der Waals surface area (Å²) < 4.78 is 31.1. The normalized spacial score (nSPS) is 23.1. The zero-order valence-corrected chi connectivity index (χ0v) is 17.4. The molecule has 1 N–H and O–H groups in total. The van der Waals surface area contributed by atoms with Gasteiger partial charge in [-0.05, 0) is 25.0 Å². The van der Waals surface area contributed by atoms with Gasteiger partial charge in [-0.1, -0.05) is 12.1 Å². The van der Waals surface area contributed by atoms with Crippen molar-refractivity contribution in [1.29, 1.82) is 0 Å². The number of carbonyl (C=O) groups is 2. The number of hydrogen-bond acceptors (Lipinski definition) is 5. The highest BCUT2D eigenvalue weighted by atomic mass is 32.2. The van der Waals surface area contributed by atoms with Gasteiger partial charge in [0.25, 0.3) is 5.91 Å². The largest absolute Gasteiger partial charge is 0.484 e. The molecule has 2 fully saturated rings. The van der Waals surface area contributed by atoms with Crippen LogP contribution < -0.4 is 10.1 Å². The third-order valence-corrected chi connectivity index (χ3v) is 7.59. The molecule has 4 rings (SSSR count). The molecule has 8 nitrogen and oxygen atoms in total. The van der Waals surface area contributed by atoms with E-state index in [0.717, 1.165) is 0 Å². The first kappa shape index (κ1) is 20.2. The van der Waals surface area contributed by atoms with E-state index in [0.29, 0.717) is 69.7 Å². The average molecular weight is 422 g/mol. The molecule has 0 aliphatic carbocycles. The quantitative estimate of drug-likeness (QED) is 0.764. The lowest BCUT2D eigenvalue weighted by molar-refractivity contribution is -0.140. The van der Waals surface area contributed by atoms with Crippen molar-refractivity contribution < 1.29 is 22.7 Å². The SMILES string of the molecule is CS(=O)(=O)N1CCC(C(=O)N2CCC3(CC2)CNC(=O)c2ccccc2O3)CC1. The Kier molecular flexibility index (Phi) is 5.29. The molecule has 29 heavy (non-hydrogen) atoms. The number of hydrogen-bond donors (Lipinski definition) is 1. The van der Waals surface area contributed by atoms with Gasteiger partial charge in [0.2, 0.25) is 15.9 Å². The summed E-state index contributed by atoms with van der Waals surface area (Å²) in [4.78, 5) is 27.1. The minimum absolute atomic E-state index is 0.103. The lowest BCUT2D eigenvalue weighted by atomic mass is 9.89. The number of amides is 2. The van der Waals surface area contributed by atoms with Crippen molar-refractivity contribution in [2.75, 3.05) is 39.0 Å².